The lowest BCUT2D eigenvalue weighted by molar-refractivity contribution is -0.126. The standard InChI is InChI=1S/C34H31N3O2/c1-34(2,3)36-32(38)31-27-21-13-14-22-28(27)35-30(25-17-9-5-10-18-25)29(23-24-15-7-4-8-16-24)37(31)33(39)26-19-11-6-12-20-26/h4-23,31H,1-3H3,(H,36,38)/b29-23-. The predicted molar refractivity (Wildman–Crippen MR) is 157 cm³/mol. The molecule has 1 aliphatic heterocycles. The van der Waals surface area contributed by atoms with E-state index < -0.39 is 11.6 Å². The van der Waals surface area contributed by atoms with Crippen molar-refractivity contribution in [2.75, 3.05) is 0 Å². The molecule has 2 amide bonds. The molecule has 5 heteroatoms. The van der Waals surface area contributed by atoms with Crippen LogP contribution in [0.25, 0.3) is 6.08 Å². The van der Waals surface area contributed by atoms with Crippen LogP contribution >= 0.6 is 0 Å². The summed E-state index contributed by atoms with van der Waals surface area (Å²) in [7, 11) is 0. The summed E-state index contributed by atoms with van der Waals surface area (Å²) in [6, 6.07) is 35.3. The van der Waals surface area contributed by atoms with Crippen molar-refractivity contribution in [1.29, 1.82) is 0 Å². The molecule has 39 heavy (non-hydrogen) atoms. The summed E-state index contributed by atoms with van der Waals surface area (Å²) in [5.74, 6) is -0.560. The summed E-state index contributed by atoms with van der Waals surface area (Å²) >= 11 is 0. The summed E-state index contributed by atoms with van der Waals surface area (Å²) in [5, 5.41) is 3.12. The van der Waals surface area contributed by atoms with E-state index in [2.05, 4.69) is 5.32 Å². The highest BCUT2D eigenvalue weighted by molar-refractivity contribution is 6.19. The van der Waals surface area contributed by atoms with E-state index in [1.54, 1.807) is 17.0 Å². The van der Waals surface area contributed by atoms with Crippen LogP contribution in [0.15, 0.2) is 126 Å². The normalized spacial score (nSPS) is 16.2. The van der Waals surface area contributed by atoms with Gasteiger partial charge in [0.25, 0.3) is 5.91 Å². The highest BCUT2D eigenvalue weighted by Crippen LogP contribution is 2.39. The number of amides is 2. The van der Waals surface area contributed by atoms with Crippen molar-refractivity contribution in [2.45, 2.75) is 32.4 Å². The minimum absolute atomic E-state index is 0.275. The van der Waals surface area contributed by atoms with E-state index in [-0.39, 0.29) is 11.8 Å². The van der Waals surface area contributed by atoms with Gasteiger partial charge in [-0.05, 0) is 50.6 Å². The zero-order valence-electron chi connectivity index (χ0n) is 22.3. The van der Waals surface area contributed by atoms with Gasteiger partial charge in [-0.25, -0.2) is 4.99 Å². The number of nitrogens with one attached hydrogen (secondary N) is 1. The van der Waals surface area contributed by atoms with Gasteiger partial charge in [0.05, 0.1) is 17.1 Å². The number of hydrogen-bond donors (Lipinski definition) is 1. The largest absolute Gasteiger partial charge is 0.349 e. The van der Waals surface area contributed by atoms with Gasteiger partial charge in [0.15, 0.2) is 0 Å². The van der Waals surface area contributed by atoms with E-state index in [9.17, 15) is 9.59 Å². The second kappa shape index (κ2) is 10.9. The highest BCUT2D eigenvalue weighted by atomic mass is 16.2. The molecule has 0 saturated carbocycles. The summed E-state index contributed by atoms with van der Waals surface area (Å²) in [6.45, 7) is 5.80. The Balaban J connectivity index is 1.83. The number of allylic oxidation sites excluding steroid dienone is 1. The number of para-hydroxylation sites is 1. The Bertz CT molecular complexity index is 1540. The van der Waals surface area contributed by atoms with E-state index in [4.69, 9.17) is 4.99 Å². The lowest BCUT2D eigenvalue weighted by Gasteiger charge is -2.34. The topological polar surface area (TPSA) is 61.8 Å². The fourth-order valence-corrected chi connectivity index (χ4v) is 4.69. The zero-order chi connectivity index (χ0) is 27.4. The molecule has 0 saturated heterocycles. The van der Waals surface area contributed by atoms with Crippen molar-refractivity contribution in [3.8, 4) is 0 Å². The van der Waals surface area contributed by atoms with Gasteiger partial charge >= 0.3 is 0 Å². The maximum atomic E-state index is 14.5. The van der Waals surface area contributed by atoms with Crippen molar-refractivity contribution in [2.24, 2.45) is 4.99 Å². The number of nitrogens with zero attached hydrogens (tertiary/aromatic N) is 2. The van der Waals surface area contributed by atoms with Crippen LogP contribution in [-0.2, 0) is 4.79 Å². The first kappa shape index (κ1) is 25.9. The molecule has 1 N–H and O–H groups in total. The minimum Gasteiger partial charge on any atom is -0.349 e. The third kappa shape index (κ3) is 5.73. The summed E-state index contributed by atoms with van der Waals surface area (Å²) in [4.78, 5) is 35.3. The molecule has 4 aromatic carbocycles. The average Bonchev–Trinajstić information content (AvgIpc) is 3.08. The summed E-state index contributed by atoms with van der Waals surface area (Å²) in [5.41, 5.74) is 4.18. The van der Waals surface area contributed by atoms with Crippen LogP contribution in [0.2, 0.25) is 0 Å². The Hall–Kier alpha value is -4.77. The lowest BCUT2D eigenvalue weighted by Crippen LogP contribution is -2.49. The average molecular weight is 514 g/mol. The molecular weight excluding hydrogens is 482 g/mol. The summed E-state index contributed by atoms with van der Waals surface area (Å²) in [6.07, 6.45) is 1.94. The number of hydrogen-bond acceptors (Lipinski definition) is 3. The van der Waals surface area contributed by atoms with Crippen LogP contribution in [0.5, 0.6) is 0 Å². The molecule has 194 valence electrons. The SMILES string of the molecule is CC(C)(C)NC(=O)C1c2ccccc2N=C(c2ccccc2)/C(=C/c2ccccc2)N1C(=O)c1ccccc1. The van der Waals surface area contributed by atoms with E-state index in [1.807, 2.05) is 130 Å². The van der Waals surface area contributed by atoms with Gasteiger partial charge in [-0.2, -0.15) is 0 Å². The molecule has 1 atom stereocenters. The van der Waals surface area contributed by atoms with Crippen LogP contribution in [0.1, 0.15) is 53.9 Å². The molecular formula is C34H31N3O2. The van der Waals surface area contributed by atoms with Gasteiger partial charge in [-0.1, -0.05) is 97.1 Å². The quantitative estimate of drug-likeness (QED) is 0.321. The third-order valence-electron chi connectivity index (χ3n) is 6.36. The zero-order valence-corrected chi connectivity index (χ0v) is 22.3. The molecule has 0 radical (unpaired) electrons. The Kier molecular flexibility index (Phi) is 7.24. The van der Waals surface area contributed by atoms with E-state index in [0.717, 1.165) is 11.1 Å². The van der Waals surface area contributed by atoms with Gasteiger partial charge in [-0.3, -0.25) is 14.5 Å². The van der Waals surface area contributed by atoms with Crippen LogP contribution in [0.4, 0.5) is 5.69 Å². The summed E-state index contributed by atoms with van der Waals surface area (Å²) < 4.78 is 0. The van der Waals surface area contributed by atoms with Crippen LogP contribution in [0, 0.1) is 0 Å². The molecule has 4 aromatic rings. The van der Waals surface area contributed by atoms with E-state index >= 15 is 0 Å². The van der Waals surface area contributed by atoms with Gasteiger partial charge < -0.3 is 5.32 Å². The van der Waals surface area contributed by atoms with Crippen LogP contribution in [-0.4, -0.2) is 28.0 Å². The van der Waals surface area contributed by atoms with Crippen molar-refractivity contribution in [3.05, 3.63) is 143 Å². The molecule has 0 bridgehead atoms. The van der Waals surface area contributed by atoms with Crippen molar-refractivity contribution in [1.82, 2.24) is 10.2 Å². The maximum Gasteiger partial charge on any atom is 0.259 e. The molecule has 5 nitrogen and oxygen atoms in total. The number of aliphatic imine (C=N–C) groups is 1. The van der Waals surface area contributed by atoms with Crippen LogP contribution in [0.3, 0.4) is 0 Å². The molecule has 0 aromatic heterocycles. The van der Waals surface area contributed by atoms with Crippen molar-refractivity contribution >= 4 is 29.3 Å². The van der Waals surface area contributed by atoms with Crippen LogP contribution < -0.4 is 5.32 Å². The first-order valence-electron chi connectivity index (χ1n) is 13.0. The van der Waals surface area contributed by atoms with Gasteiger partial charge in [-0.15, -0.1) is 0 Å². The number of rotatable bonds is 4. The fraction of sp³-hybridized carbons (Fsp3) is 0.147. The maximum absolute atomic E-state index is 14.5. The fourth-order valence-electron chi connectivity index (χ4n) is 4.69. The second-order valence-corrected chi connectivity index (χ2v) is 10.5. The van der Waals surface area contributed by atoms with Gasteiger partial charge in [0.1, 0.15) is 6.04 Å². The van der Waals surface area contributed by atoms with E-state index in [1.165, 1.54) is 0 Å². The Morgan fingerprint density at radius 1 is 0.769 bits per heavy atom. The minimum atomic E-state index is -0.951. The first-order valence-corrected chi connectivity index (χ1v) is 13.0. The number of carbonyl (C=O) groups excluding carboxylic acids is 2. The highest BCUT2D eigenvalue weighted by Gasteiger charge is 2.40. The predicted octanol–water partition coefficient (Wildman–Crippen LogP) is 6.96. The van der Waals surface area contributed by atoms with Crippen molar-refractivity contribution < 1.29 is 9.59 Å². The molecule has 0 fully saturated rings. The Labute approximate surface area is 229 Å². The molecule has 1 aliphatic rings. The molecule has 0 spiro atoms. The first-order chi connectivity index (χ1) is 18.8. The van der Waals surface area contributed by atoms with Gasteiger partial charge in [0.2, 0.25) is 5.91 Å². The number of carbonyl (C=O) groups is 2. The lowest BCUT2D eigenvalue weighted by atomic mass is 9.97. The van der Waals surface area contributed by atoms with E-state index in [0.29, 0.717) is 28.2 Å². The molecule has 5 rings (SSSR count). The Morgan fingerprint density at radius 3 is 1.97 bits per heavy atom. The molecule has 1 heterocycles. The third-order valence-corrected chi connectivity index (χ3v) is 6.36. The van der Waals surface area contributed by atoms with Crippen molar-refractivity contribution in [3.63, 3.8) is 0 Å². The Morgan fingerprint density at radius 2 is 1.33 bits per heavy atom. The smallest absolute Gasteiger partial charge is 0.259 e. The number of fused-ring (bicyclic) bond motifs is 1. The van der Waals surface area contributed by atoms with Gasteiger partial charge in [0, 0.05) is 22.2 Å². The number of benzene rings is 4. The molecule has 1 unspecified atom stereocenters. The monoisotopic (exact) mass is 513 g/mol. The second-order valence-electron chi connectivity index (χ2n) is 10.5. The molecule has 0 aliphatic carbocycles.